The Morgan fingerprint density at radius 1 is 1.09 bits per heavy atom. The van der Waals surface area contributed by atoms with Crippen LogP contribution in [0.2, 0.25) is 10.0 Å². The molecule has 4 rings (SSSR count). The highest BCUT2D eigenvalue weighted by Crippen LogP contribution is 2.32. The number of aromatic nitrogens is 1. The third-order valence-corrected chi connectivity index (χ3v) is 5.96. The molecule has 0 atom stereocenters. The van der Waals surface area contributed by atoms with Crippen LogP contribution in [0, 0.1) is 10.1 Å². The minimum atomic E-state index is -0.386. The number of hydrogen-bond donors (Lipinski definition) is 0. The van der Waals surface area contributed by atoms with Gasteiger partial charge >= 0.3 is 0 Å². The third kappa shape index (κ3) is 5.16. The van der Waals surface area contributed by atoms with E-state index in [1.165, 1.54) is 12.3 Å². The van der Waals surface area contributed by atoms with E-state index in [1.54, 1.807) is 30.3 Å². The molecule has 2 heterocycles. The van der Waals surface area contributed by atoms with Crippen molar-refractivity contribution in [3.05, 3.63) is 80.0 Å². The van der Waals surface area contributed by atoms with Crippen LogP contribution in [0.5, 0.6) is 0 Å². The van der Waals surface area contributed by atoms with Crippen LogP contribution < -0.4 is 0 Å². The van der Waals surface area contributed by atoms with Crippen LogP contribution in [0.25, 0.3) is 11.3 Å². The summed E-state index contributed by atoms with van der Waals surface area (Å²) in [5.41, 5.74) is 2.37. The van der Waals surface area contributed by atoms with Gasteiger partial charge < -0.3 is 4.52 Å². The molecule has 0 radical (unpaired) electrons. The van der Waals surface area contributed by atoms with E-state index in [2.05, 4.69) is 15.0 Å². The molecule has 0 aliphatic carbocycles. The number of halogens is 2. The number of ketones is 1. The van der Waals surface area contributed by atoms with E-state index in [9.17, 15) is 14.9 Å². The number of non-ortho nitro benzene ring substituents is 1. The van der Waals surface area contributed by atoms with E-state index < -0.39 is 0 Å². The van der Waals surface area contributed by atoms with Gasteiger partial charge in [-0.1, -0.05) is 40.5 Å². The molecule has 1 fully saturated rings. The molecule has 0 bridgehead atoms. The number of nitro benzene ring substituents is 1. The Balaban J connectivity index is 1.35. The average Bonchev–Trinajstić information content (AvgIpc) is 3.25. The molecule has 10 heteroatoms. The third-order valence-electron chi connectivity index (χ3n) is 5.42. The summed E-state index contributed by atoms with van der Waals surface area (Å²) in [6, 6.07) is 11.7. The Morgan fingerprint density at radius 3 is 2.56 bits per heavy atom. The monoisotopic (exact) mass is 474 g/mol. The smallest absolute Gasteiger partial charge is 0.269 e. The van der Waals surface area contributed by atoms with Crippen LogP contribution >= 0.6 is 23.2 Å². The minimum Gasteiger partial charge on any atom is -0.363 e. The fourth-order valence-electron chi connectivity index (χ4n) is 3.73. The molecule has 166 valence electrons. The molecule has 1 aromatic heterocycles. The van der Waals surface area contributed by atoms with Crippen molar-refractivity contribution >= 4 is 34.7 Å². The van der Waals surface area contributed by atoms with Crippen LogP contribution in [0.3, 0.4) is 0 Å². The van der Waals surface area contributed by atoms with Crippen molar-refractivity contribution in [3.8, 4) is 11.3 Å². The molecular formula is C22H20Cl2N4O4. The van der Waals surface area contributed by atoms with E-state index in [4.69, 9.17) is 27.7 Å². The summed E-state index contributed by atoms with van der Waals surface area (Å²) in [6.45, 7) is 3.81. The van der Waals surface area contributed by atoms with Gasteiger partial charge in [-0.05, 0) is 23.8 Å². The Labute approximate surface area is 194 Å². The van der Waals surface area contributed by atoms with Gasteiger partial charge in [0.15, 0.2) is 5.78 Å². The summed E-state index contributed by atoms with van der Waals surface area (Å²) in [6.07, 6.45) is 1.35. The fraction of sp³-hybridized carbons (Fsp3) is 0.273. The van der Waals surface area contributed by atoms with E-state index >= 15 is 0 Å². The molecule has 32 heavy (non-hydrogen) atoms. The fourth-order valence-corrected chi connectivity index (χ4v) is 4.23. The second kappa shape index (κ2) is 9.79. The second-order valence-corrected chi connectivity index (χ2v) is 8.45. The molecule has 3 aromatic rings. The number of hydrogen-bond acceptors (Lipinski definition) is 7. The molecule has 0 unspecified atom stereocenters. The van der Waals surface area contributed by atoms with Crippen molar-refractivity contribution in [2.45, 2.75) is 6.54 Å². The van der Waals surface area contributed by atoms with E-state index in [-0.39, 0.29) is 22.9 Å². The standard InChI is InChI=1S/C22H20Cl2N4O4/c23-16-4-5-18(20(24)11-16)22-19(14-32-25-22)21(29)13-27-8-6-26(7-9-27)12-15-2-1-3-17(10-15)28(30)31/h1-5,10-11,14H,6-9,12-13H2. The summed E-state index contributed by atoms with van der Waals surface area (Å²) >= 11 is 12.2. The molecule has 0 saturated carbocycles. The number of rotatable bonds is 7. The zero-order valence-electron chi connectivity index (χ0n) is 17.0. The first-order valence-electron chi connectivity index (χ1n) is 10.0. The number of Topliss-reactive ketones (excluding diaryl/α,β-unsaturated/α-hetero) is 1. The summed E-state index contributed by atoms with van der Waals surface area (Å²) in [4.78, 5) is 27.8. The maximum absolute atomic E-state index is 12.9. The normalized spacial score (nSPS) is 15.1. The predicted octanol–water partition coefficient (Wildman–Crippen LogP) is 4.56. The predicted molar refractivity (Wildman–Crippen MR) is 121 cm³/mol. The van der Waals surface area contributed by atoms with Crippen molar-refractivity contribution in [1.82, 2.24) is 15.0 Å². The van der Waals surface area contributed by atoms with E-state index in [0.29, 0.717) is 46.5 Å². The molecule has 8 nitrogen and oxygen atoms in total. The highest BCUT2D eigenvalue weighted by atomic mass is 35.5. The van der Waals surface area contributed by atoms with Crippen LogP contribution in [-0.2, 0) is 6.54 Å². The topological polar surface area (TPSA) is 92.7 Å². The lowest BCUT2D eigenvalue weighted by molar-refractivity contribution is -0.384. The van der Waals surface area contributed by atoms with Crippen LogP contribution in [0.15, 0.2) is 53.3 Å². The minimum absolute atomic E-state index is 0.0945. The molecule has 1 aliphatic rings. The van der Waals surface area contributed by atoms with Crippen molar-refractivity contribution in [2.24, 2.45) is 0 Å². The molecule has 0 amide bonds. The lowest BCUT2D eigenvalue weighted by atomic mass is 10.0. The number of carbonyl (C=O) groups is 1. The maximum atomic E-state index is 12.9. The molecule has 1 aliphatic heterocycles. The lowest BCUT2D eigenvalue weighted by Crippen LogP contribution is -2.47. The summed E-state index contributed by atoms with van der Waals surface area (Å²) < 4.78 is 5.07. The summed E-state index contributed by atoms with van der Waals surface area (Å²) in [5, 5.41) is 15.8. The first kappa shape index (κ1) is 22.4. The molecule has 1 saturated heterocycles. The van der Waals surface area contributed by atoms with Gasteiger partial charge in [0.25, 0.3) is 5.69 Å². The number of nitro groups is 1. The van der Waals surface area contributed by atoms with Gasteiger partial charge in [0.2, 0.25) is 0 Å². The van der Waals surface area contributed by atoms with Crippen molar-refractivity contribution < 1.29 is 14.2 Å². The SMILES string of the molecule is O=C(CN1CCN(Cc2cccc([N+](=O)[O-])c2)CC1)c1conc1-c1ccc(Cl)cc1Cl. The highest BCUT2D eigenvalue weighted by molar-refractivity contribution is 6.36. The van der Waals surface area contributed by atoms with Gasteiger partial charge in [0, 0.05) is 55.4 Å². The largest absolute Gasteiger partial charge is 0.363 e. The summed E-state index contributed by atoms with van der Waals surface area (Å²) in [5.74, 6) is -0.0978. The quantitative estimate of drug-likeness (QED) is 0.281. The molecule has 2 aromatic carbocycles. The van der Waals surface area contributed by atoms with Gasteiger partial charge in [-0.3, -0.25) is 24.7 Å². The Hall–Kier alpha value is -2.78. The van der Waals surface area contributed by atoms with Crippen molar-refractivity contribution in [1.29, 1.82) is 0 Å². The average molecular weight is 475 g/mol. The first-order valence-corrected chi connectivity index (χ1v) is 10.8. The van der Waals surface area contributed by atoms with Crippen molar-refractivity contribution in [3.63, 3.8) is 0 Å². The Bertz CT molecular complexity index is 1140. The number of piperazine rings is 1. The first-order chi connectivity index (χ1) is 15.4. The maximum Gasteiger partial charge on any atom is 0.269 e. The van der Waals surface area contributed by atoms with E-state index in [0.717, 1.165) is 18.7 Å². The highest BCUT2D eigenvalue weighted by Gasteiger charge is 2.24. The zero-order chi connectivity index (χ0) is 22.7. The molecule has 0 N–H and O–H groups in total. The van der Waals surface area contributed by atoms with Crippen molar-refractivity contribution in [2.75, 3.05) is 32.7 Å². The number of carbonyl (C=O) groups excluding carboxylic acids is 1. The zero-order valence-corrected chi connectivity index (χ0v) is 18.6. The van der Waals surface area contributed by atoms with E-state index in [1.807, 2.05) is 6.07 Å². The Morgan fingerprint density at radius 2 is 1.84 bits per heavy atom. The molecule has 0 spiro atoms. The second-order valence-electron chi connectivity index (χ2n) is 7.60. The summed E-state index contributed by atoms with van der Waals surface area (Å²) in [7, 11) is 0. The van der Waals surface area contributed by atoms with Crippen LogP contribution in [0.4, 0.5) is 5.69 Å². The lowest BCUT2D eigenvalue weighted by Gasteiger charge is -2.34. The van der Waals surface area contributed by atoms with Gasteiger partial charge in [-0.25, -0.2) is 0 Å². The number of nitrogens with zero attached hydrogens (tertiary/aromatic N) is 4. The van der Waals surface area contributed by atoms with Gasteiger partial charge in [-0.2, -0.15) is 0 Å². The Kier molecular flexibility index (Phi) is 6.86. The molecular weight excluding hydrogens is 455 g/mol. The van der Waals surface area contributed by atoms with Crippen LogP contribution in [0.1, 0.15) is 15.9 Å². The number of benzene rings is 2. The van der Waals surface area contributed by atoms with Gasteiger partial charge in [0.1, 0.15) is 12.0 Å². The van der Waals surface area contributed by atoms with Crippen LogP contribution in [-0.4, -0.2) is 58.4 Å². The van der Waals surface area contributed by atoms with Gasteiger partial charge in [-0.15, -0.1) is 0 Å². The van der Waals surface area contributed by atoms with Gasteiger partial charge in [0.05, 0.1) is 22.1 Å².